The summed E-state index contributed by atoms with van der Waals surface area (Å²) < 4.78 is 0. The Kier molecular flexibility index (Phi) is 3.92. The smallest absolute Gasteiger partial charge is 0.156 e. The van der Waals surface area contributed by atoms with Gasteiger partial charge in [0.25, 0.3) is 0 Å². The zero-order valence-electron chi connectivity index (χ0n) is 9.70. The van der Waals surface area contributed by atoms with Crippen molar-refractivity contribution in [1.29, 1.82) is 0 Å². The molecule has 0 saturated heterocycles. The first-order chi connectivity index (χ1) is 7.29. The molecule has 1 N–H and O–H groups in total. The number of amidine groups is 1. The number of hydrogen-bond acceptors (Lipinski definition) is 4. The van der Waals surface area contributed by atoms with E-state index < -0.39 is 0 Å². The molecule has 2 rings (SSSR count). The van der Waals surface area contributed by atoms with Crippen molar-refractivity contribution in [2.45, 2.75) is 25.0 Å². The minimum absolute atomic E-state index is 0.788. The molecular weight excluding hydrogens is 206 g/mol. The summed E-state index contributed by atoms with van der Waals surface area (Å²) in [7, 11) is 2.15. The molecule has 0 amide bonds. The van der Waals surface area contributed by atoms with Crippen LogP contribution in [-0.4, -0.2) is 48.5 Å². The van der Waals surface area contributed by atoms with Gasteiger partial charge >= 0.3 is 0 Å². The first-order valence-corrected chi connectivity index (χ1v) is 6.81. The molecule has 1 fully saturated rings. The summed E-state index contributed by atoms with van der Waals surface area (Å²) in [5.74, 6) is 0.969. The van der Waals surface area contributed by atoms with Crippen LogP contribution in [0.5, 0.6) is 0 Å². The monoisotopic (exact) mass is 227 g/mol. The molecule has 0 aromatic carbocycles. The molecular formula is C11H21N3S. The lowest BCUT2D eigenvalue weighted by Crippen LogP contribution is -2.31. The van der Waals surface area contributed by atoms with E-state index in [9.17, 15) is 0 Å². The van der Waals surface area contributed by atoms with Gasteiger partial charge in [-0.15, -0.1) is 0 Å². The fourth-order valence-electron chi connectivity index (χ4n) is 1.71. The third kappa shape index (κ3) is 3.38. The van der Waals surface area contributed by atoms with Gasteiger partial charge in [-0.25, -0.2) is 0 Å². The molecule has 15 heavy (non-hydrogen) atoms. The quantitative estimate of drug-likeness (QED) is 0.769. The lowest BCUT2D eigenvalue weighted by atomic mass is 10.3. The lowest BCUT2D eigenvalue weighted by molar-refractivity contribution is 0.358. The Morgan fingerprint density at radius 2 is 2.33 bits per heavy atom. The summed E-state index contributed by atoms with van der Waals surface area (Å²) in [4.78, 5) is 6.86. The van der Waals surface area contributed by atoms with E-state index in [0.717, 1.165) is 37.3 Å². The topological polar surface area (TPSA) is 27.6 Å². The van der Waals surface area contributed by atoms with Crippen molar-refractivity contribution in [3.8, 4) is 0 Å². The van der Waals surface area contributed by atoms with E-state index in [-0.39, 0.29) is 0 Å². The van der Waals surface area contributed by atoms with Gasteiger partial charge in [0.2, 0.25) is 0 Å². The van der Waals surface area contributed by atoms with Crippen LogP contribution in [0.15, 0.2) is 4.99 Å². The Labute approximate surface area is 96.7 Å². The molecule has 1 atom stereocenters. The molecule has 1 aliphatic carbocycles. The first kappa shape index (κ1) is 11.3. The second kappa shape index (κ2) is 5.21. The van der Waals surface area contributed by atoms with Gasteiger partial charge in [-0.2, -0.15) is 0 Å². The third-order valence-electron chi connectivity index (χ3n) is 3.14. The van der Waals surface area contributed by atoms with Gasteiger partial charge in [-0.05, 0) is 32.4 Å². The highest BCUT2D eigenvalue weighted by atomic mass is 32.2. The highest BCUT2D eigenvalue weighted by Crippen LogP contribution is 2.41. The number of likely N-dealkylation sites (N-methyl/N-ethyl adjacent to an activating group) is 1. The molecule has 2 aliphatic rings. The maximum Gasteiger partial charge on any atom is 0.156 e. The first-order valence-electron chi connectivity index (χ1n) is 5.93. The van der Waals surface area contributed by atoms with Crippen LogP contribution >= 0.6 is 11.8 Å². The summed E-state index contributed by atoms with van der Waals surface area (Å²) in [5, 5.41) is 5.40. The van der Waals surface area contributed by atoms with Crippen LogP contribution in [0, 0.1) is 5.92 Å². The molecule has 1 aliphatic heterocycles. The normalized spacial score (nSPS) is 25.8. The summed E-state index contributed by atoms with van der Waals surface area (Å²) in [6.07, 6.45) is 2.86. The Morgan fingerprint density at radius 3 is 3.00 bits per heavy atom. The molecule has 0 aromatic rings. The third-order valence-corrected chi connectivity index (χ3v) is 4.47. The molecule has 0 radical (unpaired) electrons. The van der Waals surface area contributed by atoms with Crippen LogP contribution in [0.3, 0.4) is 0 Å². The van der Waals surface area contributed by atoms with Crippen LogP contribution in [0.2, 0.25) is 0 Å². The van der Waals surface area contributed by atoms with E-state index in [2.05, 4.69) is 29.2 Å². The second-order valence-electron chi connectivity index (χ2n) is 4.46. The van der Waals surface area contributed by atoms with E-state index in [0.29, 0.717) is 0 Å². The lowest BCUT2D eigenvalue weighted by Gasteiger charge is -2.14. The SMILES string of the molecule is CCN(C)CCNC1=NCC(C2CC2)S1. The Hall–Kier alpha value is -0.220. The van der Waals surface area contributed by atoms with Crippen LogP contribution in [-0.2, 0) is 0 Å². The predicted molar refractivity (Wildman–Crippen MR) is 67.6 cm³/mol. The average molecular weight is 227 g/mol. The molecule has 0 aromatic heterocycles. The number of nitrogens with one attached hydrogen (secondary N) is 1. The number of nitrogens with zero attached hydrogens (tertiary/aromatic N) is 2. The van der Waals surface area contributed by atoms with E-state index in [4.69, 9.17) is 0 Å². The standard InChI is InChI=1S/C11H21N3S/c1-3-14(2)7-6-12-11-13-8-10(15-11)9-4-5-9/h9-10H,3-8H2,1-2H3,(H,12,13). The summed E-state index contributed by atoms with van der Waals surface area (Å²) in [6.45, 7) is 6.47. The largest absolute Gasteiger partial charge is 0.364 e. The van der Waals surface area contributed by atoms with Crippen molar-refractivity contribution in [2.75, 3.05) is 33.2 Å². The van der Waals surface area contributed by atoms with Crippen molar-refractivity contribution in [3.63, 3.8) is 0 Å². The van der Waals surface area contributed by atoms with Crippen LogP contribution in [0.1, 0.15) is 19.8 Å². The Morgan fingerprint density at radius 1 is 1.53 bits per heavy atom. The average Bonchev–Trinajstić information content (AvgIpc) is 2.99. The maximum absolute atomic E-state index is 4.55. The van der Waals surface area contributed by atoms with Gasteiger partial charge in [0.05, 0.1) is 6.54 Å². The van der Waals surface area contributed by atoms with E-state index in [1.165, 1.54) is 18.0 Å². The minimum atomic E-state index is 0.788. The van der Waals surface area contributed by atoms with Gasteiger partial charge in [0, 0.05) is 18.3 Å². The van der Waals surface area contributed by atoms with Gasteiger partial charge in [-0.1, -0.05) is 18.7 Å². The Balaban J connectivity index is 1.59. The molecule has 86 valence electrons. The van der Waals surface area contributed by atoms with Crippen molar-refractivity contribution in [1.82, 2.24) is 10.2 Å². The van der Waals surface area contributed by atoms with Crippen molar-refractivity contribution >= 4 is 16.9 Å². The molecule has 0 bridgehead atoms. The summed E-state index contributed by atoms with van der Waals surface area (Å²) >= 11 is 1.96. The Bertz CT molecular complexity index is 238. The highest BCUT2D eigenvalue weighted by Gasteiger charge is 2.35. The number of thioether (sulfide) groups is 1. The summed E-state index contributed by atoms with van der Waals surface area (Å²) in [6, 6.07) is 0. The zero-order valence-corrected chi connectivity index (χ0v) is 10.5. The second-order valence-corrected chi connectivity index (χ2v) is 5.69. The fraction of sp³-hybridized carbons (Fsp3) is 0.909. The number of hydrogen-bond donors (Lipinski definition) is 1. The molecule has 4 heteroatoms. The van der Waals surface area contributed by atoms with Gasteiger partial charge in [0.15, 0.2) is 5.17 Å². The minimum Gasteiger partial charge on any atom is -0.364 e. The zero-order chi connectivity index (χ0) is 10.7. The molecule has 3 nitrogen and oxygen atoms in total. The van der Waals surface area contributed by atoms with Crippen molar-refractivity contribution < 1.29 is 0 Å². The molecule has 1 heterocycles. The fourth-order valence-corrected chi connectivity index (χ4v) is 2.95. The van der Waals surface area contributed by atoms with E-state index >= 15 is 0 Å². The predicted octanol–water partition coefficient (Wildman–Crippen LogP) is 1.41. The molecule has 1 saturated carbocycles. The molecule has 1 unspecified atom stereocenters. The highest BCUT2D eigenvalue weighted by molar-refractivity contribution is 8.14. The van der Waals surface area contributed by atoms with Crippen LogP contribution in [0.25, 0.3) is 0 Å². The number of rotatable bonds is 5. The van der Waals surface area contributed by atoms with Crippen molar-refractivity contribution in [2.24, 2.45) is 10.9 Å². The number of aliphatic imine (C=N–C) groups is 1. The maximum atomic E-state index is 4.55. The van der Waals surface area contributed by atoms with Gasteiger partial charge in [-0.3, -0.25) is 4.99 Å². The van der Waals surface area contributed by atoms with Crippen LogP contribution in [0.4, 0.5) is 0 Å². The van der Waals surface area contributed by atoms with Crippen molar-refractivity contribution in [3.05, 3.63) is 0 Å². The van der Waals surface area contributed by atoms with Gasteiger partial charge < -0.3 is 10.2 Å². The van der Waals surface area contributed by atoms with E-state index in [1.807, 2.05) is 11.8 Å². The molecule has 0 spiro atoms. The van der Waals surface area contributed by atoms with Gasteiger partial charge in [0.1, 0.15) is 0 Å². The van der Waals surface area contributed by atoms with E-state index in [1.54, 1.807) is 0 Å². The van der Waals surface area contributed by atoms with Crippen LogP contribution < -0.4 is 5.32 Å². The summed E-state index contributed by atoms with van der Waals surface area (Å²) in [5.41, 5.74) is 0.